The van der Waals surface area contributed by atoms with Gasteiger partial charge >= 0.3 is 29.6 Å². The first-order valence-electron chi connectivity index (χ1n) is 11.1. The maximum atomic E-state index is 12.0. The molecule has 0 unspecified atom stereocenters. The van der Waals surface area contributed by atoms with E-state index < -0.39 is 30.2 Å². The number of nitrogens with one attached hydrogen (secondary N) is 2. The van der Waals surface area contributed by atoms with E-state index in [1.165, 1.54) is 0 Å². The number of amides is 2. The average Bonchev–Trinajstić information content (AvgIpc) is 2.79. The number of rotatable bonds is 18. The molecule has 0 aliphatic carbocycles. The summed E-state index contributed by atoms with van der Waals surface area (Å²) in [6, 6.07) is 6.64. The van der Waals surface area contributed by atoms with Crippen LogP contribution < -0.4 is 56.9 Å². The quantitative estimate of drug-likeness (QED) is 0.0411. The van der Waals surface area contributed by atoms with Crippen molar-refractivity contribution in [1.29, 1.82) is 0 Å². The van der Waals surface area contributed by atoms with Crippen LogP contribution in [0, 0.1) is 4.91 Å². The van der Waals surface area contributed by atoms with Crippen LogP contribution in [0.5, 0.6) is 0 Å². The average molecular weight is 501 g/mol. The van der Waals surface area contributed by atoms with E-state index in [0.29, 0.717) is 26.2 Å². The van der Waals surface area contributed by atoms with Crippen LogP contribution in [0.2, 0.25) is 0 Å². The largest absolute Gasteiger partial charge is 1.00 e. The van der Waals surface area contributed by atoms with Gasteiger partial charge in [-0.15, -0.1) is 4.91 Å². The number of carbonyl (C=O) groups is 3. The Bertz CT molecular complexity index is 834. The number of carbonyl (C=O) groups excluding carboxylic acids is 3. The van der Waals surface area contributed by atoms with Crippen LogP contribution in [-0.2, 0) is 32.3 Å². The normalized spacial score (nSPS) is 11.0. The van der Waals surface area contributed by atoms with Crippen molar-refractivity contribution < 1.29 is 53.8 Å². The van der Waals surface area contributed by atoms with Gasteiger partial charge in [-0.05, 0) is 36.8 Å². The molecule has 0 fully saturated rings. The number of hydrogen-bond donors (Lipinski definition) is 4. The fraction of sp³-hybridized carbons (Fsp3) is 0.545. The third-order valence-corrected chi connectivity index (χ3v) is 4.95. The number of benzene rings is 1. The fourth-order valence-electron chi connectivity index (χ4n) is 3.15. The molecule has 2 amide bonds. The number of carboxylic acid groups (broad SMARTS) is 1. The summed E-state index contributed by atoms with van der Waals surface area (Å²) in [5.41, 5.74) is 14.5. The van der Waals surface area contributed by atoms with Crippen LogP contribution in [0.1, 0.15) is 62.5 Å². The summed E-state index contributed by atoms with van der Waals surface area (Å²) in [5, 5.41) is 15.3. The van der Waals surface area contributed by atoms with Crippen LogP contribution in [0.4, 0.5) is 0 Å². The van der Waals surface area contributed by atoms with Crippen LogP contribution in [-0.4, -0.2) is 36.4 Å². The van der Waals surface area contributed by atoms with Gasteiger partial charge in [0.1, 0.15) is 6.04 Å². The molecule has 12 nitrogen and oxygen atoms in total. The van der Waals surface area contributed by atoms with E-state index in [0.717, 1.165) is 36.8 Å². The van der Waals surface area contributed by atoms with Gasteiger partial charge in [0, 0.05) is 19.0 Å². The molecule has 1 aromatic carbocycles. The van der Waals surface area contributed by atoms with Crippen molar-refractivity contribution in [2.45, 2.75) is 70.6 Å². The molecule has 0 spiro atoms. The summed E-state index contributed by atoms with van der Waals surface area (Å²) in [6.07, 6.45) is 3.75. The van der Waals surface area contributed by atoms with E-state index in [1.54, 1.807) is 5.43 Å². The van der Waals surface area contributed by atoms with Crippen molar-refractivity contribution in [2.24, 2.45) is 21.7 Å². The number of carboxylic acids is 1. The minimum atomic E-state index is -1.36. The van der Waals surface area contributed by atoms with Crippen LogP contribution in [0.25, 0.3) is 0 Å². The summed E-state index contributed by atoms with van der Waals surface area (Å²) in [4.78, 5) is 48.5. The standard InChI is InChI=1S/C22H34N6O6.Na/c23-22(24)25-14-16-8-5-6-9-17(16)15-34-13-7-3-1-2-4-10-19(29)26-18(11-12-20(30)31)21(32)27-28-33;/h5-6,8-9,18H,1-4,7,10-15H2,(H,26,29)(H,30,31)(H4,23,24,25)(H,27,32,33);/q;+1/p-1/t18-;/m1./s1. The number of guanidine groups is 1. The number of aliphatic carboxylic acids is 1. The first-order chi connectivity index (χ1) is 16.3. The Balaban J connectivity index is 0.0000116. The number of nitroso groups, excluding NO2 is 1. The first kappa shape index (κ1) is 32.5. The topological polar surface area (TPSA) is 201 Å². The molecule has 0 aromatic heterocycles. The van der Waals surface area contributed by atoms with Gasteiger partial charge in [-0.2, -0.15) is 0 Å². The second-order valence-corrected chi connectivity index (χ2v) is 7.68. The molecule has 1 rings (SSSR count). The summed E-state index contributed by atoms with van der Waals surface area (Å²) in [7, 11) is 0. The van der Waals surface area contributed by atoms with Gasteiger partial charge in [0.2, 0.25) is 5.91 Å². The van der Waals surface area contributed by atoms with Gasteiger partial charge in [0.05, 0.1) is 18.4 Å². The zero-order valence-corrected chi connectivity index (χ0v) is 22.2. The molecule has 0 saturated heterocycles. The Labute approximate surface area is 226 Å². The van der Waals surface area contributed by atoms with Gasteiger partial charge < -0.3 is 31.4 Å². The smallest absolute Gasteiger partial charge is 0.550 e. The minimum absolute atomic E-state index is 0. The Morgan fingerprint density at radius 2 is 1.66 bits per heavy atom. The van der Waals surface area contributed by atoms with Gasteiger partial charge in [-0.3, -0.25) is 9.59 Å². The molecule has 0 heterocycles. The van der Waals surface area contributed by atoms with Crippen molar-refractivity contribution in [3.8, 4) is 0 Å². The van der Waals surface area contributed by atoms with Crippen LogP contribution in [0.3, 0.4) is 0 Å². The molecule has 188 valence electrons. The Morgan fingerprint density at radius 1 is 1.00 bits per heavy atom. The van der Waals surface area contributed by atoms with Gasteiger partial charge in [0.15, 0.2) is 5.96 Å². The summed E-state index contributed by atoms with van der Waals surface area (Å²) >= 11 is 0. The second kappa shape index (κ2) is 19.7. The van der Waals surface area contributed by atoms with Crippen LogP contribution in [0.15, 0.2) is 34.5 Å². The molecule has 0 radical (unpaired) electrons. The third-order valence-electron chi connectivity index (χ3n) is 4.95. The summed E-state index contributed by atoms with van der Waals surface area (Å²) in [6.45, 7) is 1.49. The molecular formula is C22H33N6NaO6. The number of aliphatic imine (C=N–C) groups is 1. The third kappa shape index (κ3) is 15.9. The van der Waals surface area contributed by atoms with Crippen molar-refractivity contribution in [3.63, 3.8) is 0 Å². The first-order valence-corrected chi connectivity index (χ1v) is 11.1. The molecule has 13 heteroatoms. The zero-order chi connectivity index (χ0) is 25.2. The van der Waals surface area contributed by atoms with Crippen LogP contribution >= 0.6 is 0 Å². The van der Waals surface area contributed by atoms with Crippen molar-refractivity contribution >= 4 is 23.7 Å². The van der Waals surface area contributed by atoms with Crippen molar-refractivity contribution in [1.82, 2.24) is 10.7 Å². The Morgan fingerprint density at radius 3 is 2.31 bits per heavy atom. The van der Waals surface area contributed by atoms with Crippen molar-refractivity contribution in [3.05, 3.63) is 40.3 Å². The SMILES string of the molecule is NC(N)=NCc1ccccc1COCCCCCCCC(=O)N[C@H](CCC(=O)[O-])C(=O)NN=O.[Na+]. The summed E-state index contributed by atoms with van der Waals surface area (Å²) < 4.78 is 5.75. The summed E-state index contributed by atoms with van der Waals surface area (Å²) in [5.74, 6) is -2.56. The van der Waals surface area contributed by atoms with E-state index in [1.807, 2.05) is 24.3 Å². The molecule has 0 aliphatic rings. The monoisotopic (exact) mass is 500 g/mol. The van der Waals surface area contributed by atoms with E-state index in [2.05, 4.69) is 15.6 Å². The Hall–Kier alpha value is -2.54. The predicted molar refractivity (Wildman–Crippen MR) is 123 cm³/mol. The molecule has 0 saturated carbocycles. The van der Waals surface area contributed by atoms with E-state index in [4.69, 9.17) is 16.2 Å². The molecule has 0 aliphatic heterocycles. The van der Waals surface area contributed by atoms with Gasteiger partial charge in [-0.25, -0.2) is 10.4 Å². The van der Waals surface area contributed by atoms with E-state index in [-0.39, 0.29) is 48.4 Å². The number of hydrogen-bond acceptors (Lipinski definition) is 8. The van der Waals surface area contributed by atoms with Gasteiger partial charge in [0.25, 0.3) is 5.91 Å². The van der Waals surface area contributed by atoms with Gasteiger partial charge in [-0.1, -0.05) is 43.5 Å². The maximum absolute atomic E-state index is 12.0. The fourth-order valence-corrected chi connectivity index (χ4v) is 3.15. The minimum Gasteiger partial charge on any atom is -0.550 e. The van der Waals surface area contributed by atoms with E-state index >= 15 is 0 Å². The number of nitrogens with zero attached hydrogens (tertiary/aromatic N) is 2. The Kier molecular flexibility index (Phi) is 18.3. The molecule has 0 bridgehead atoms. The van der Waals surface area contributed by atoms with Crippen molar-refractivity contribution in [2.75, 3.05) is 6.61 Å². The maximum Gasteiger partial charge on any atom is 1.00 e. The molecule has 35 heavy (non-hydrogen) atoms. The molecule has 1 aromatic rings. The zero-order valence-electron chi connectivity index (χ0n) is 20.2. The second-order valence-electron chi connectivity index (χ2n) is 7.68. The molecular weight excluding hydrogens is 467 g/mol. The number of ether oxygens (including phenoxy) is 1. The number of nitrogens with two attached hydrogens (primary N) is 2. The number of unbranched alkanes of at least 4 members (excludes halogenated alkanes) is 4. The molecule has 1 atom stereocenters. The van der Waals surface area contributed by atoms with E-state index in [9.17, 15) is 24.4 Å². The predicted octanol–water partition coefficient (Wildman–Crippen LogP) is -2.87. The molecule has 6 N–H and O–H groups in total.